The zero-order valence-electron chi connectivity index (χ0n) is 18.9. The largest absolute Gasteiger partial charge is 0.395 e. The molecular formula is C30H24N2O2S. The van der Waals surface area contributed by atoms with Gasteiger partial charge in [-0.25, -0.2) is 4.21 Å². The van der Waals surface area contributed by atoms with E-state index >= 15 is 0 Å². The van der Waals surface area contributed by atoms with Crippen LogP contribution in [0.4, 0.5) is 22.7 Å². The average molecular weight is 477 g/mol. The number of nitrogens with one attached hydrogen (secondary N) is 2. The van der Waals surface area contributed by atoms with E-state index in [0.29, 0.717) is 10.6 Å². The smallest absolute Gasteiger partial charge is 0.240 e. The zero-order chi connectivity index (χ0) is 23.9. The minimum Gasteiger partial charge on any atom is -0.395 e. The topological polar surface area (TPSA) is 50.4 Å². The lowest BCUT2D eigenvalue weighted by atomic mass is 10.0. The third-order valence-corrected chi connectivity index (χ3v) is 6.40. The summed E-state index contributed by atoms with van der Waals surface area (Å²) in [4.78, 5) is 0.611. The molecule has 4 nitrogen and oxygen atoms in total. The molecule has 0 aliphatic carbocycles. The van der Waals surface area contributed by atoms with Crippen molar-refractivity contribution in [2.24, 2.45) is 0 Å². The minimum absolute atomic E-state index is 0.514. The standard InChI is InChI=1S/C30H24N2O2S/c33-35(28-14-8-3-9-15-28)34-30-22-24(18-21-29(30)32-26-12-6-2-7-13-26)23-16-19-27(20-17-23)31-25-10-4-1-5-11-25/h1-22,31-32H. The molecule has 0 saturated carbocycles. The zero-order valence-corrected chi connectivity index (χ0v) is 19.7. The van der Waals surface area contributed by atoms with Crippen molar-refractivity contribution >= 4 is 33.8 Å². The molecule has 35 heavy (non-hydrogen) atoms. The fourth-order valence-electron chi connectivity index (χ4n) is 3.65. The number of hydrogen-bond acceptors (Lipinski definition) is 4. The first-order chi connectivity index (χ1) is 17.2. The summed E-state index contributed by atoms with van der Waals surface area (Å²) in [6.45, 7) is 0. The predicted molar refractivity (Wildman–Crippen MR) is 145 cm³/mol. The molecule has 1 unspecified atom stereocenters. The van der Waals surface area contributed by atoms with Gasteiger partial charge in [0.25, 0.3) is 0 Å². The lowest BCUT2D eigenvalue weighted by Crippen LogP contribution is -2.03. The molecule has 1 atom stereocenters. The maximum Gasteiger partial charge on any atom is 0.240 e. The summed E-state index contributed by atoms with van der Waals surface area (Å²) in [5, 5.41) is 6.77. The SMILES string of the molecule is O=S(Oc1cc(-c2ccc(Nc3ccccc3)cc2)ccc1Nc1ccccc1)c1ccccc1. The van der Waals surface area contributed by atoms with Crippen LogP contribution < -0.4 is 14.8 Å². The fraction of sp³-hybridized carbons (Fsp3) is 0. The Bertz CT molecular complexity index is 1410. The quantitative estimate of drug-likeness (QED) is 0.239. The highest BCUT2D eigenvalue weighted by Crippen LogP contribution is 2.34. The van der Waals surface area contributed by atoms with Gasteiger partial charge in [0.1, 0.15) is 0 Å². The van der Waals surface area contributed by atoms with Gasteiger partial charge in [-0.1, -0.05) is 72.8 Å². The molecule has 5 aromatic carbocycles. The van der Waals surface area contributed by atoms with Crippen molar-refractivity contribution in [1.82, 2.24) is 0 Å². The van der Waals surface area contributed by atoms with Crippen LogP contribution in [-0.4, -0.2) is 4.21 Å². The van der Waals surface area contributed by atoms with Crippen molar-refractivity contribution in [2.75, 3.05) is 10.6 Å². The van der Waals surface area contributed by atoms with Crippen LogP contribution in [0.2, 0.25) is 0 Å². The molecule has 0 bridgehead atoms. The lowest BCUT2D eigenvalue weighted by molar-refractivity contribution is 0.563. The van der Waals surface area contributed by atoms with Crippen molar-refractivity contribution in [2.45, 2.75) is 4.90 Å². The van der Waals surface area contributed by atoms with E-state index < -0.39 is 11.1 Å². The van der Waals surface area contributed by atoms with Gasteiger partial charge in [-0.2, -0.15) is 0 Å². The number of hydrogen-bond donors (Lipinski definition) is 2. The van der Waals surface area contributed by atoms with E-state index in [4.69, 9.17) is 4.18 Å². The van der Waals surface area contributed by atoms with Crippen LogP contribution in [0.1, 0.15) is 0 Å². The molecule has 0 aromatic heterocycles. The Hall–Kier alpha value is -4.35. The van der Waals surface area contributed by atoms with Gasteiger partial charge in [-0.3, -0.25) is 0 Å². The summed E-state index contributed by atoms with van der Waals surface area (Å²) < 4.78 is 18.9. The molecule has 5 rings (SSSR count). The maximum absolute atomic E-state index is 12.9. The third kappa shape index (κ3) is 5.78. The van der Waals surface area contributed by atoms with Crippen LogP contribution in [0, 0.1) is 0 Å². The summed E-state index contributed by atoms with van der Waals surface area (Å²) in [7, 11) is 0. The molecule has 0 saturated heterocycles. The van der Waals surface area contributed by atoms with Gasteiger partial charge < -0.3 is 14.8 Å². The molecule has 0 amide bonds. The van der Waals surface area contributed by atoms with Gasteiger partial charge in [0, 0.05) is 17.1 Å². The summed E-state index contributed by atoms with van der Waals surface area (Å²) in [6, 6.07) is 43.2. The predicted octanol–water partition coefficient (Wildman–Crippen LogP) is 7.94. The highest BCUT2D eigenvalue weighted by atomic mass is 32.2. The highest BCUT2D eigenvalue weighted by molar-refractivity contribution is 7.80. The Labute approximate surface area is 207 Å². The minimum atomic E-state index is -1.64. The Morgan fingerprint density at radius 2 is 1.03 bits per heavy atom. The van der Waals surface area contributed by atoms with E-state index in [-0.39, 0.29) is 0 Å². The molecule has 0 radical (unpaired) electrons. The Kier molecular flexibility index (Phi) is 6.87. The van der Waals surface area contributed by atoms with Crippen LogP contribution in [0.5, 0.6) is 5.75 Å². The van der Waals surface area contributed by atoms with Gasteiger partial charge in [0.15, 0.2) is 5.75 Å². The fourth-order valence-corrected chi connectivity index (χ4v) is 4.42. The Balaban J connectivity index is 1.43. The molecule has 0 fully saturated rings. The molecule has 0 aliphatic heterocycles. The molecule has 0 aliphatic rings. The Morgan fingerprint density at radius 1 is 0.514 bits per heavy atom. The van der Waals surface area contributed by atoms with Crippen LogP contribution in [-0.2, 0) is 11.1 Å². The average Bonchev–Trinajstić information content (AvgIpc) is 2.92. The molecule has 5 heteroatoms. The number of para-hydroxylation sites is 2. The molecule has 0 heterocycles. The van der Waals surface area contributed by atoms with E-state index in [1.807, 2.05) is 109 Å². The number of anilines is 4. The van der Waals surface area contributed by atoms with Gasteiger partial charge in [0.2, 0.25) is 11.1 Å². The monoisotopic (exact) mass is 476 g/mol. The summed E-state index contributed by atoms with van der Waals surface area (Å²) in [5.74, 6) is 0.514. The second-order valence-electron chi connectivity index (χ2n) is 7.90. The summed E-state index contributed by atoms with van der Waals surface area (Å²) in [6.07, 6.45) is 0. The van der Waals surface area contributed by atoms with Crippen LogP contribution in [0.3, 0.4) is 0 Å². The van der Waals surface area contributed by atoms with Crippen molar-refractivity contribution in [3.8, 4) is 16.9 Å². The van der Waals surface area contributed by atoms with E-state index in [1.165, 1.54) is 0 Å². The van der Waals surface area contributed by atoms with Gasteiger partial charge in [-0.05, 0) is 71.8 Å². The Morgan fingerprint density at radius 3 is 1.66 bits per heavy atom. The molecule has 2 N–H and O–H groups in total. The van der Waals surface area contributed by atoms with Crippen LogP contribution >= 0.6 is 0 Å². The maximum atomic E-state index is 12.9. The third-order valence-electron chi connectivity index (χ3n) is 5.42. The van der Waals surface area contributed by atoms with Crippen molar-refractivity contribution in [3.63, 3.8) is 0 Å². The molecule has 0 spiro atoms. The lowest BCUT2D eigenvalue weighted by Gasteiger charge is -2.15. The van der Waals surface area contributed by atoms with E-state index in [2.05, 4.69) is 22.8 Å². The molecule has 5 aromatic rings. The van der Waals surface area contributed by atoms with E-state index in [1.54, 1.807) is 12.1 Å². The first kappa shape index (κ1) is 22.4. The van der Waals surface area contributed by atoms with Gasteiger partial charge in [0.05, 0.1) is 10.6 Å². The van der Waals surface area contributed by atoms with Crippen molar-refractivity contribution in [1.29, 1.82) is 0 Å². The van der Waals surface area contributed by atoms with Crippen LogP contribution in [0.25, 0.3) is 11.1 Å². The van der Waals surface area contributed by atoms with Gasteiger partial charge >= 0.3 is 0 Å². The van der Waals surface area contributed by atoms with Gasteiger partial charge in [-0.15, -0.1) is 0 Å². The van der Waals surface area contributed by atoms with Crippen molar-refractivity contribution < 1.29 is 8.39 Å². The molecular weight excluding hydrogens is 452 g/mol. The van der Waals surface area contributed by atoms with Crippen molar-refractivity contribution in [3.05, 3.63) is 133 Å². The number of benzene rings is 5. The normalized spacial score (nSPS) is 11.4. The van der Waals surface area contributed by atoms with E-state index in [0.717, 1.165) is 33.9 Å². The molecule has 172 valence electrons. The second-order valence-corrected chi connectivity index (χ2v) is 9.01. The number of rotatable bonds is 8. The first-order valence-corrected chi connectivity index (χ1v) is 12.4. The summed E-state index contributed by atoms with van der Waals surface area (Å²) >= 11 is -1.64. The van der Waals surface area contributed by atoms with E-state index in [9.17, 15) is 4.21 Å². The highest BCUT2D eigenvalue weighted by Gasteiger charge is 2.13. The summed E-state index contributed by atoms with van der Waals surface area (Å²) in [5.41, 5.74) is 5.71. The first-order valence-electron chi connectivity index (χ1n) is 11.3. The van der Waals surface area contributed by atoms with Crippen LogP contribution in [0.15, 0.2) is 138 Å². The second kappa shape index (κ2) is 10.7.